The second-order valence-electron chi connectivity index (χ2n) is 19.1. The molecule has 428 valence electrons. The summed E-state index contributed by atoms with van der Waals surface area (Å²) in [6.45, 7) is 6.29. The van der Waals surface area contributed by atoms with E-state index in [-0.39, 0.29) is 51.2 Å². The first kappa shape index (κ1) is 64.1. The molecule has 0 spiro atoms. The summed E-state index contributed by atoms with van der Waals surface area (Å²) in [7, 11) is 0. The Morgan fingerprint density at radius 1 is 0.577 bits per heavy atom. The smallest absolute Gasteiger partial charge is 0.322 e. The zero-order valence-corrected chi connectivity index (χ0v) is 44.6. The number of carbonyl (C=O) groups is 10. The maximum Gasteiger partial charge on any atom is 0.322 e. The quantitative estimate of drug-likeness (QED) is 0.0158. The molecular formula is C51H77N15O12. The number of carbonyl (C=O) groups excluding carboxylic acids is 9. The van der Waals surface area contributed by atoms with E-state index in [1.807, 2.05) is 12.1 Å². The van der Waals surface area contributed by atoms with E-state index in [0.717, 1.165) is 10.9 Å². The number of aliphatic imine (C=N–C) groups is 1. The molecule has 1 heterocycles. The molecule has 3 aromatic rings. The molecule has 27 heteroatoms. The molecule has 0 aliphatic rings. The predicted octanol–water partition coefficient (Wildman–Crippen LogP) is -3.75. The van der Waals surface area contributed by atoms with Crippen LogP contribution >= 0.6 is 0 Å². The van der Waals surface area contributed by atoms with Gasteiger partial charge in [0.2, 0.25) is 53.2 Å². The Bertz CT molecular complexity index is 2560. The highest BCUT2D eigenvalue weighted by molar-refractivity contribution is 5.99. The lowest BCUT2D eigenvalue weighted by Gasteiger charge is -2.28. The Morgan fingerprint density at radius 3 is 1.69 bits per heavy atom. The minimum atomic E-state index is -1.36. The summed E-state index contributed by atoms with van der Waals surface area (Å²) in [5.74, 6) is -9.22. The summed E-state index contributed by atoms with van der Waals surface area (Å²) in [5, 5.41) is 42.1. The average Bonchev–Trinajstić information content (AvgIpc) is 3.85. The molecule has 0 saturated heterocycles. The third-order valence-electron chi connectivity index (χ3n) is 12.3. The van der Waals surface area contributed by atoms with Crippen LogP contribution in [0.15, 0.2) is 65.8 Å². The van der Waals surface area contributed by atoms with Crippen molar-refractivity contribution < 1.29 is 58.2 Å². The number of unbranched alkanes of at least 4 members (excludes halogenated alkanes) is 1. The van der Waals surface area contributed by atoms with Crippen LogP contribution in [0.3, 0.4) is 0 Å². The van der Waals surface area contributed by atoms with E-state index in [1.165, 1.54) is 20.8 Å². The highest BCUT2D eigenvalue weighted by Gasteiger charge is 2.35. The number of aliphatic hydroxyl groups is 1. The molecule has 20 N–H and O–H groups in total. The number of H-pyrrole nitrogens is 1. The van der Waals surface area contributed by atoms with Crippen molar-refractivity contribution in [3.05, 3.63) is 71.9 Å². The summed E-state index contributed by atoms with van der Waals surface area (Å²) in [5.41, 5.74) is 24.4. The van der Waals surface area contributed by atoms with Crippen molar-refractivity contribution in [1.82, 2.24) is 52.8 Å². The molecule has 78 heavy (non-hydrogen) atoms. The number of para-hydroxylation sites is 1. The molecule has 9 atom stereocenters. The number of carboxylic acid groups (broad SMARTS) is 1. The molecule has 2 aromatic carbocycles. The van der Waals surface area contributed by atoms with Gasteiger partial charge in [-0.2, -0.15) is 0 Å². The topological polar surface area (TPSA) is 452 Å². The standard InChI is InChI=1S/C51H77N15O12/c1-27(2)41(50(78)61-30(5)44(72)64-39(23-32-24-57-35-17-10-9-16-33(32)35)48(76)60-29(4)43(71)59-28(3)42(70)58-25-40(68)69)66-47(75)36(18-11-12-20-52)63-49(77)38(22-31-14-7-6-8-15-31)65-46(74)37(19-13-21-56-51(54)55)62-45(73)34(53)26-67/h6-10,14-17,24,27-30,34,36-39,41,57,67H,11-13,18-23,25-26,52-53H2,1-5H3,(H,58,70)(H,59,71)(H,60,76)(H,61,78)(H,62,73)(H,63,77)(H,64,72)(H,65,74)(H,66,75)(H,68,69)(H4,54,55,56)/t28-,29-,30-,34-,36-,37-,38-,39-,41-/m0/s1. The van der Waals surface area contributed by atoms with Gasteiger partial charge in [-0.1, -0.05) is 62.4 Å². The molecule has 0 fully saturated rings. The number of rotatable bonds is 33. The zero-order valence-electron chi connectivity index (χ0n) is 44.6. The number of aromatic nitrogens is 1. The number of benzene rings is 2. The highest BCUT2D eigenvalue weighted by Crippen LogP contribution is 2.20. The second-order valence-corrected chi connectivity index (χ2v) is 19.1. The number of fused-ring (bicyclic) bond motifs is 1. The van der Waals surface area contributed by atoms with Crippen LogP contribution in [0.2, 0.25) is 0 Å². The number of hydrogen-bond donors (Lipinski definition) is 16. The van der Waals surface area contributed by atoms with Crippen molar-refractivity contribution in [3.63, 3.8) is 0 Å². The van der Waals surface area contributed by atoms with Crippen molar-refractivity contribution >= 4 is 76.0 Å². The number of nitrogens with one attached hydrogen (secondary N) is 10. The Labute approximate surface area is 451 Å². The van der Waals surface area contributed by atoms with E-state index in [2.05, 4.69) is 57.8 Å². The maximum absolute atomic E-state index is 14.3. The molecule has 3 rings (SSSR count). The first-order chi connectivity index (χ1) is 36.9. The van der Waals surface area contributed by atoms with Crippen LogP contribution in [-0.2, 0) is 60.8 Å². The van der Waals surface area contributed by atoms with Crippen LogP contribution in [0, 0.1) is 5.92 Å². The average molecular weight is 1090 g/mol. The summed E-state index contributed by atoms with van der Waals surface area (Å²) in [6.07, 6.45) is 2.60. The van der Waals surface area contributed by atoms with Crippen LogP contribution in [-0.4, -0.2) is 161 Å². The van der Waals surface area contributed by atoms with Crippen LogP contribution in [0.4, 0.5) is 0 Å². The number of amides is 9. The Balaban J connectivity index is 1.83. The van der Waals surface area contributed by atoms with Crippen molar-refractivity contribution in [1.29, 1.82) is 0 Å². The van der Waals surface area contributed by atoms with Gasteiger partial charge < -0.3 is 86.0 Å². The number of hydrogen-bond acceptors (Lipinski definition) is 14. The SMILES string of the molecule is CC(C)[C@H](NC(=O)[C@H](CCCCN)NC(=O)[C@H](Cc1ccccc1)NC(=O)[C@H](CCCN=C(N)N)NC(=O)[C@@H](N)CO)C(=O)N[C@@H](C)C(=O)N[C@@H](Cc1c[nH]c2ccccc12)C(=O)N[C@@H](C)C(=O)N[C@@H](C)C(=O)NCC(=O)O. The number of nitrogens with two attached hydrogens (primary N) is 4. The summed E-state index contributed by atoms with van der Waals surface area (Å²) in [6, 6.07) is 4.31. The summed E-state index contributed by atoms with van der Waals surface area (Å²) >= 11 is 0. The molecule has 0 aliphatic heterocycles. The van der Waals surface area contributed by atoms with Crippen molar-refractivity contribution in [3.8, 4) is 0 Å². The Morgan fingerprint density at radius 2 is 1.08 bits per heavy atom. The Hall–Kier alpha value is -8.17. The number of aliphatic hydroxyl groups excluding tert-OH is 1. The van der Waals surface area contributed by atoms with Gasteiger partial charge in [-0.3, -0.25) is 52.9 Å². The zero-order chi connectivity index (χ0) is 58.1. The van der Waals surface area contributed by atoms with E-state index in [0.29, 0.717) is 24.0 Å². The molecule has 9 amide bonds. The lowest BCUT2D eigenvalue weighted by atomic mass is 10.00. The van der Waals surface area contributed by atoms with E-state index < -0.39 is 133 Å². The first-order valence-electron chi connectivity index (χ1n) is 25.6. The van der Waals surface area contributed by atoms with Gasteiger partial charge in [0.25, 0.3) is 0 Å². The summed E-state index contributed by atoms with van der Waals surface area (Å²) in [4.78, 5) is 140. The van der Waals surface area contributed by atoms with Crippen molar-refractivity contribution in [2.45, 2.75) is 134 Å². The monoisotopic (exact) mass is 1090 g/mol. The van der Waals surface area contributed by atoms with Gasteiger partial charge in [-0.15, -0.1) is 0 Å². The molecule has 0 unspecified atom stereocenters. The Kier molecular flexibility index (Phi) is 26.7. The largest absolute Gasteiger partial charge is 0.480 e. The van der Waals surface area contributed by atoms with Gasteiger partial charge in [-0.05, 0) is 82.5 Å². The molecule has 0 aliphatic carbocycles. The van der Waals surface area contributed by atoms with Crippen molar-refractivity contribution in [2.24, 2.45) is 33.8 Å². The van der Waals surface area contributed by atoms with E-state index in [1.54, 1.807) is 62.5 Å². The number of guanidine groups is 1. The van der Waals surface area contributed by atoms with Crippen LogP contribution in [0.1, 0.15) is 77.8 Å². The predicted molar refractivity (Wildman–Crippen MR) is 288 cm³/mol. The molecule has 27 nitrogen and oxygen atoms in total. The number of nitrogens with zero attached hydrogens (tertiary/aromatic N) is 1. The lowest BCUT2D eigenvalue weighted by Crippen LogP contribution is -2.61. The lowest BCUT2D eigenvalue weighted by molar-refractivity contribution is -0.138. The van der Waals surface area contributed by atoms with Gasteiger partial charge >= 0.3 is 5.97 Å². The van der Waals surface area contributed by atoms with Crippen LogP contribution in [0.25, 0.3) is 10.9 Å². The van der Waals surface area contributed by atoms with Gasteiger partial charge in [0.15, 0.2) is 5.96 Å². The van der Waals surface area contributed by atoms with Crippen LogP contribution in [0.5, 0.6) is 0 Å². The van der Waals surface area contributed by atoms with Crippen LogP contribution < -0.4 is 70.8 Å². The minimum absolute atomic E-state index is 0.000902. The fourth-order valence-corrected chi connectivity index (χ4v) is 7.78. The van der Waals surface area contributed by atoms with E-state index >= 15 is 0 Å². The molecule has 0 bridgehead atoms. The first-order valence-corrected chi connectivity index (χ1v) is 25.6. The summed E-state index contributed by atoms with van der Waals surface area (Å²) < 4.78 is 0. The van der Waals surface area contributed by atoms with Gasteiger partial charge in [-0.25, -0.2) is 0 Å². The number of aromatic amines is 1. The number of aliphatic carboxylic acids is 1. The van der Waals surface area contributed by atoms with Crippen molar-refractivity contribution in [2.75, 3.05) is 26.2 Å². The van der Waals surface area contributed by atoms with Gasteiger partial charge in [0.1, 0.15) is 60.9 Å². The third-order valence-corrected chi connectivity index (χ3v) is 12.3. The fourth-order valence-electron chi connectivity index (χ4n) is 7.78. The van der Waals surface area contributed by atoms with E-state index in [9.17, 15) is 53.1 Å². The third kappa shape index (κ3) is 21.5. The van der Waals surface area contributed by atoms with Gasteiger partial charge in [0, 0.05) is 36.5 Å². The second kappa shape index (κ2) is 32.4. The van der Waals surface area contributed by atoms with E-state index in [4.69, 9.17) is 28.0 Å². The normalized spacial score (nSPS) is 14.5. The molecule has 0 saturated carbocycles. The van der Waals surface area contributed by atoms with Gasteiger partial charge in [0.05, 0.1) is 6.61 Å². The highest BCUT2D eigenvalue weighted by atomic mass is 16.4. The fraction of sp³-hybridized carbons (Fsp3) is 0.510. The molecular weight excluding hydrogens is 1010 g/mol. The minimum Gasteiger partial charge on any atom is -0.480 e. The number of carboxylic acids is 1. The molecule has 0 radical (unpaired) electrons. The molecule has 1 aromatic heterocycles. The maximum atomic E-state index is 14.3.